The Balaban J connectivity index is 0.000000151. The number of aromatic nitrogens is 6. The molecule has 0 aliphatic carbocycles. The van der Waals surface area contributed by atoms with Crippen LogP contribution in [-0.2, 0) is 28.7 Å². The molecule has 0 bridgehead atoms. The molecule has 6 aliphatic heterocycles. The largest absolute Gasteiger partial charge is 0.505 e. The van der Waals surface area contributed by atoms with Crippen LogP contribution in [0.5, 0.6) is 17.2 Å². The van der Waals surface area contributed by atoms with E-state index in [1.807, 2.05) is 64.6 Å². The maximum Gasteiger partial charge on any atom is 0.410 e. The summed E-state index contributed by atoms with van der Waals surface area (Å²) in [5.41, 5.74) is -0.0219. The smallest absolute Gasteiger partial charge is 0.410 e. The standard InChI is InChI=1S/C28H30N6O6.C15H10BrN3O3.C13H21N3O3/c1-28(2,3)40-27(38)32-11-9-16(10-12-32)33-15-17(13-30-33)39-21-14-29-24-23-18(21)5-4-6-19(23)26(37)34(24)20-7-8-22(35)31-25(20)36;16-9-6-17-13-12-7(9)2-1-3-8(12)15(22)19(13)10-4-5-11(20)18-14(10)21;1-13(2,3)19-12(18)15-6-4-10(5-7-15)16-9-11(17)8-14-16/h4-6,13-16,20H,7-12H2,1-3H3,(H,31,35,36);1-3,6,10H,4-5H2,(H,18,20,21);8-10,17H,4-7H2,1-3H3. The van der Waals surface area contributed by atoms with E-state index < -0.39 is 35.1 Å². The van der Waals surface area contributed by atoms with Crippen molar-refractivity contribution in [2.75, 3.05) is 36.0 Å². The zero-order valence-electron chi connectivity index (χ0n) is 45.5. The minimum atomic E-state index is -0.806. The highest BCUT2D eigenvalue weighted by atomic mass is 79.9. The van der Waals surface area contributed by atoms with Gasteiger partial charge >= 0.3 is 12.2 Å². The first kappa shape index (κ1) is 55.8. The van der Waals surface area contributed by atoms with E-state index in [1.54, 1.807) is 57.3 Å². The Hall–Kier alpha value is -8.48. The number of hydrogen-bond acceptors (Lipinski definition) is 16. The summed E-state index contributed by atoms with van der Waals surface area (Å²) in [7, 11) is 0. The van der Waals surface area contributed by atoms with Gasteiger partial charge in [0.05, 0.1) is 54.2 Å². The lowest BCUT2D eigenvalue weighted by Crippen LogP contribution is -2.53. The fourth-order valence-corrected chi connectivity index (χ4v) is 11.1. The van der Waals surface area contributed by atoms with Crippen molar-refractivity contribution < 1.29 is 57.7 Å². The molecular weight excluding hydrogens is 1110 g/mol. The average molecular weight is 1170 g/mol. The molecule has 6 aliphatic rings. The van der Waals surface area contributed by atoms with Gasteiger partial charge in [-0.25, -0.2) is 19.6 Å². The van der Waals surface area contributed by atoms with Crippen LogP contribution in [0.3, 0.4) is 0 Å². The van der Waals surface area contributed by atoms with Crippen molar-refractivity contribution in [2.24, 2.45) is 0 Å². The fourth-order valence-electron chi connectivity index (χ4n) is 10.7. The monoisotopic (exact) mass is 1170 g/mol. The van der Waals surface area contributed by atoms with E-state index in [2.05, 4.69) is 46.7 Å². The number of benzene rings is 2. The number of carbonyl (C=O) groups is 8. The van der Waals surface area contributed by atoms with E-state index in [1.165, 1.54) is 22.2 Å². The van der Waals surface area contributed by atoms with E-state index in [-0.39, 0.29) is 72.9 Å². The van der Waals surface area contributed by atoms with Gasteiger partial charge in [-0.05, 0) is 108 Å². The molecule has 8 amide bonds. The molecule has 424 valence electrons. The van der Waals surface area contributed by atoms with Crippen molar-refractivity contribution in [3.63, 3.8) is 0 Å². The molecule has 10 heterocycles. The molecule has 4 fully saturated rings. The van der Waals surface area contributed by atoms with E-state index >= 15 is 0 Å². The normalized spacial score (nSPS) is 19.5. The van der Waals surface area contributed by atoms with Gasteiger partial charge in [-0.1, -0.05) is 24.3 Å². The Morgan fingerprint density at radius 2 is 1.06 bits per heavy atom. The van der Waals surface area contributed by atoms with Gasteiger partial charge in [-0.3, -0.25) is 58.6 Å². The molecule has 24 nitrogen and oxygen atoms in total. The number of pyridine rings is 2. The number of amides is 8. The first-order chi connectivity index (χ1) is 38.5. The molecule has 6 aromatic rings. The molecule has 2 unspecified atom stereocenters. The lowest BCUT2D eigenvalue weighted by molar-refractivity contribution is -0.135. The highest BCUT2D eigenvalue weighted by Gasteiger charge is 2.44. The third-order valence-corrected chi connectivity index (χ3v) is 15.1. The Labute approximate surface area is 473 Å². The molecule has 2 aromatic carbocycles. The quantitative estimate of drug-likeness (QED) is 0.136. The van der Waals surface area contributed by atoms with E-state index in [0.29, 0.717) is 77.6 Å². The van der Waals surface area contributed by atoms with Crippen molar-refractivity contribution in [3.8, 4) is 17.2 Å². The number of carbonyl (C=O) groups excluding carboxylic acids is 8. The summed E-state index contributed by atoms with van der Waals surface area (Å²) in [6, 6.07) is 9.59. The molecule has 2 atom stereocenters. The summed E-state index contributed by atoms with van der Waals surface area (Å²) in [6.45, 7) is 13.6. The van der Waals surface area contributed by atoms with Crippen LogP contribution in [0, 0.1) is 0 Å². The van der Waals surface area contributed by atoms with Crippen LogP contribution >= 0.6 is 15.9 Å². The van der Waals surface area contributed by atoms with Crippen LogP contribution in [-0.4, -0.2) is 142 Å². The van der Waals surface area contributed by atoms with Crippen LogP contribution in [0.4, 0.5) is 21.2 Å². The first-order valence-electron chi connectivity index (χ1n) is 26.8. The van der Waals surface area contributed by atoms with Gasteiger partial charge in [0.15, 0.2) is 17.2 Å². The van der Waals surface area contributed by atoms with Crippen molar-refractivity contribution in [1.82, 2.24) is 50.0 Å². The maximum absolute atomic E-state index is 13.3. The minimum Gasteiger partial charge on any atom is -0.505 e. The molecule has 0 saturated carbocycles. The van der Waals surface area contributed by atoms with Gasteiger partial charge in [0.2, 0.25) is 23.6 Å². The van der Waals surface area contributed by atoms with Crippen LogP contribution in [0.1, 0.15) is 126 Å². The molecule has 0 spiro atoms. The number of piperidine rings is 4. The Morgan fingerprint density at radius 1 is 0.605 bits per heavy atom. The molecule has 4 aromatic heterocycles. The third-order valence-electron chi connectivity index (χ3n) is 14.5. The lowest BCUT2D eigenvalue weighted by atomic mass is 10.0. The van der Waals surface area contributed by atoms with Crippen molar-refractivity contribution in [3.05, 3.63) is 89.2 Å². The van der Waals surface area contributed by atoms with Gasteiger partial charge in [-0.15, -0.1) is 0 Å². The molecule has 4 saturated heterocycles. The lowest BCUT2D eigenvalue weighted by Gasteiger charge is -2.33. The molecule has 0 radical (unpaired) electrons. The summed E-state index contributed by atoms with van der Waals surface area (Å²) in [5, 5.41) is 25.4. The summed E-state index contributed by atoms with van der Waals surface area (Å²) in [5.74, 6) is -0.173. The van der Waals surface area contributed by atoms with Gasteiger partial charge < -0.3 is 29.1 Å². The second-order valence-corrected chi connectivity index (χ2v) is 23.3. The highest BCUT2D eigenvalue weighted by Crippen LogP contribution is 2.44. The van der Waals surface area contributed by atoms with E-state index in [4.69, 9.17) is 14.2 Å². The Kier molecular flexibility index (Phi) is 15.3. The molecule has 12 rings (SSSR count). The zero-order chi connectivity index (χ0) is 57.7. The first-order valence-corrected chi connectivity index (χ1v) is 27.6. The Morgan fingerprint density at radius 3 is 1.53 bits per heavy atom. The summed E-state index contributed by atoms with van der Waals surface area (Å²) < 4.78 is 21.4. The predicted molar refractivity (Wildman–Crippen MR) is 295 cm³/mol. The topological polar surface area (TPSA) is 283 Å². The van der Waals surface area contributed by atoms with Gasteiger partial charge in [0, 0.05) is 71.2 Å². The molecule has 25 heteroatoms. The highest BCUT2D eigenvalue weighted by molar-refractivity contribution is 9.10. The van der Waals surface area contributed by atoms with Crippen molar-refractivity contribution in [1.29, 1.82) is 0 Å². The van der Waals surface area contributed by atoms with Crippen molar-refractivity contribution in [2.45, 2.75) is 128 Å². The number of nitrogens with one attached hydrogen (secondary N) is 2. The van der Waals surface area contributed by atoms with E-state index in [9.17, 15) is 43.5 Å². The average Bonchev–Trinajstić information content (AvgIpc) is 4.06. The second kappa shape index (κ2) is 22.2. The predicted octanol–water partition coefficient (Wildman–Crippen LogP) is 7.48. The molecule has 81 heavy (non-hydrogen) atoms. The number of nitrogens with zero attached hydrogens (tertiary/aromatic N) is 10. The van der Waals surface area contributed by atoms with Gasteiger partial charge in [0.25, 0.3) is 11.8 Å². The molecule has 3 N–H and O–H groups in total. The van der Waals surface area contributed by atoms with Gasteiger partial charge in [0.1, 0.15) is 34.9 Å². The number of aromatic hydroxyl groups is 1. The number of rotatable bonds is 6. The summed E-state index contributed by atoms with van der Waals surface area (Å²) in [4.78, 5) is 113. The van der Waals surface area contributed by atoms with Crippen LogP contribution < -0.4 is 25.2 Å². The SMILES string of the molecule is CC(C)(C)OC(=O)N1CCC(n2cc(O)cn2)CC1.CC(C)(C)OC(=O)N1CCC(n2cc(Oc3cnc4c5c(cccc35)C(=O)N4C3CCC(=O)NC3=O)cn2)CC1.O=C1CCC(N2C(=O)c3cccc4c(Br)cnc2c34)C(=O)N1. The van der Waals surface area contributed by atoms with Gasteiger partial charge in [-0.2, -0.15) is 10.2 Å². The zero-order valence-corrected chi connectivity index (χ0v) is 47.1. The second-order valence-electron chi connectivity index (χ2n) is 22.4. The molecular formula is C56H61BrN12O12. The number of likely N-dealkylation sites (tertiary alicyclic amines) is 2. The number of hydrogen-bond donors (Lipinski definition) is 3. The number of ether oxygens (including phenoxy) is 3. The number of imide groups is 2. The van der Waals surface area contributed by atoms with Crippen LogP contribution in [0.15, 0.2) is 78.1 Å². The number of halogens is 1. The summed E-state index contributed by atoms with van der Waals surface area (Å²) in [6.07, 6.45) is 13.1. The maximum atomic E-state index is 13.3. The minimum absolute atomic E-state index is 0.113. The fraction of sp³-hybridized carbons (Fsp3) is 0.429. The summed E-state index contributed by atoms with van der Waals surface area (Å²) >= 11 is 3.43. The van der Waals surface area contributed by atoms with Crippen molar-refractivity contribution >= 4 is 96.7 Å². The van der Waals surface area contributed by atoms with E-state index in [0.717, 1.165) is 40.9 Å². The number of anilines is 2. The van der Waals surface area contributed by atoms with Crippen LogP contribution in [0.25, 0.3) is 21.5 Å². The van der Waals surface area contributed by atoms with Crippen LogP contribution in [0.2, 0.25) is 0 Å². The Bertz CT molecular complexity index is 3520. The third kappa shape index (κ3) is 11.7.